The highest BCUT2D eigenvalue weighted by molar-refractivity contribution is 5.90. The molecule has 7 nitrogen and oxygen atoms in total. The minimum absolute atomic E-state index is 0.106. The van der Waals surface area contributed by atoms with E-state index in [-0.39, 0.29) is 17.9 Å². The Labute approximate surface area is 215 Å². The minimum atomic E-state index is -4.69. The summed E-state index contributed by atoms with van der Waals surface area (Å²) < 4.78 is 47.2. The van der Waals surface area contributed by atoms with Gasteiger partial charge >= 0.3 is 12.4 Å². The Hall–Kier alpha value is -3.14. The second-order valence-electron chi connectivity index (χ2n) is 9.96. The molecule has 2 amide bonds. The molecule has 200 valence electrons. The van der Waals surface area contributed by atoms with Gasteiger partial charge in [-0.2, -0.15) is 0 Å². The highest BCUT2D eigenvalue weighted by Gasteiger charge is 2.36. The molecule has 2 heterocycles. The SMILES string of the molecule is O=C(Nc1cccc(OC2CCCCC2)c1)N1CC(N2CCN(c3ccc(OC(F)(F)F)cc3)CC2)C1. The third kappa shape index (κ3) is 6.80. The summed E-state index contributed by atoms with van der Waals surface area (Å²) in [6.07, 6.45) is 1.44. The Morgan fingerprint density at radius 1 is 0.892 bits per heavy atom. The lowest BCUT2D eigenvalue weighted by Gasteiger charge is -2.48. The van der Waals surface area contributed by atoms with E-state index in [0.717, 1.165) is 56.1 Å². The summed E-state index contributed by atoms with van der Waals surface area (Å²) in [6, 6.07) is 13.8. The van der Waals surface area contributed by atoms with Crippen LogP contribution >= 0.6 is 0 Å². The normalized spacial score (nSPS) is 19.9. The van der Waals surface area contributed by atoms with Gasteiger partial charge in [0.1, 0.15) is 11.5 Å². The fourth-order valence-electron chi connectivity index (χ4n) is 5.28. The molecule has 10 heteroatoms. The second-order valence-corrected chi connectivity index (χ2v) is 9.96. The van der Waals surface area contributed by atoms with Crippen LogP contribution in [0.15, 0.2) is 48.5 Å². The minimum Gasteiger partial charge on any atom is -0.490 e. The van der Waals surface area contributed by atoms with Crippen molar-refractivity contribution in [2.45, 2.75) is 50.6 Å². The first-order chi connectivity index (χ1) is 17.8. The molecule has 3 aliphatic rings. The Bertz CT molecular complexity index is 1050. The van der Waals surface area contributed by atoms with Crippen molar-refractivity contribution in [3.05, 3.63) is 48.5 Å². The zero-order valence-electron chi connectivity index (χ0n) is 20.8. The van der Waals surface area contributed by atoms with Gasteiger partial charge in [-0.3, -0.25) is 4.90 Å². The van der Waals surface area contributed by atoms with Gasteiger partial charge in [-0.1, -0.05) is 12.5 Å². The average Bonchev–Trinajstić information content (AvgIpc) is 2.84. The number of rotatable bonds is 6. The van der Waals surface area contributed by atoms with Crippen molar-refractivity contribution in [1.82, 2.24) is 9.80 Å². The first-order valence-corrected chi connectivity index (χ1v) is 13.0. The molecule has 0 radical (unpaired) electrons. The van der Waals surface area contributed by atoms with Crippen molar-refractivity contribution in [3.8, 4) is 11.5 Å². The molecule has 5 rings (SSSR count). The van der Waals surface area contributed by atoms with E-state index in [1.54, 1.807) is 12.1 Å². The molecule has 2 aliphatic heterocycles. The number of hydrogen-bond acceptors (Lipinski definition) is 5. The number of hydrogen-bond donors (Lipinski definition) is 1. The molecule has 2 aromatic carbocycles. The molecule has 0 aromatic heterocycles. The third-order valence-corrected chi connectivity index (χ3v) is 7.36. The largest absolute Gasteiger partial charge is 0.573 e. The smallest absolute Gasteiger partial charge is 0.490 e. The van der Waals surface area contributed by atoms with Crippen molar-refractivity contribution in [2.75, 3.05) is 49.5 Å². The summed E-state index contributed by atoms with van der Waals surface area (Å²) in [7, 11) is 0. The van der Waals surface area contributed by atoms with Crippen LogP contribution < -0.4 is 19.7 Å². The van der Waals surface area contributed by atoms with Crippen LogP contribution in [0.4, 0.5) is 29.3 Å². The number of nitrogens with zero attached hydrogens (tertiary/aromatic N) is 3. The average molecular weight is 519 g/mol. The summed E-state index contributed by atoms with van der Waals surface area (Å²) in [4.78, 5) is 19.1. The predicted molar refractivity (Wildman–Crippen MR) is 135 cm³/mol. The van der Waals surface area contributed by atoms with Gasteiger partial charge < -0.3 is 24.6 Å². The van der Waals surface area contributed by atoms with Gasteiger partial charge in [0.15, 0.2) is 0 Å². The third-order valence-electron chi connectivity index (χ3n) is 7.36. The lowest BCUT2D eigenvalue weighted by molar-refractivity contribution is -0.274. The van der Waals surface area contributed by atoms with E-state index >= 15 is 0 Å². The highest BCUT2D eigenvalue weighted by Crippen LogP contribution is 2.28. The van der Waals surface area contributed by atoms with Crippen LogP contribution in [0.5, 0.6) is 11.5 Å². The summed E-state index contributed by atoms with van der Waals surface area (Å²) in [5.74, 6) is 0.581. The maximum atomic E-state index is 12.7. The molecule has 0 unspecified atom stereocenters. The standard InChI is InChI=1S/C27H33F3N4O3/c28-27(29,30)37-24-11-9-21(10-12-24)32-13-15-33(16-14-32)22-18-34(19-22)26(35)31-20-5-4-8-25(17-20)36-23-6-2-1-3-7-23/h4-5,8-12,17,22-23H,1-3,6-7,13-16,18-19H2,(H,31,35). The number of piperazine rings is 1. The number of benzene rings is 2. The van der Waals surface area contributed by atoms with Crippen LogP contribution in [0.2, 0.25) is 0 Å². The van der Waals surface area contributed by atoms with Gasteiger partial charge in [-0.15, -0.1) is 13.2 Å². The number of halogens is 3. The highest BCUT2D eigenvalue weighted by atomic mass is 19.4. The monoisotopic (exact) mass is 518 g/mol. The molecule has 1 saturated carbocycles. The topological polar surface area (TPSA) is 57.3 Å². The lowest BCUT2D eigenvalue weighted by Crippen LogP contribution is -2.64. The summed E-state index contributed by atoms with van der Waals surface area (Å²) >= 11 is 0. The molecule has 1 aliphatic carbocycles. The predicted octanol–water partition coefficient (Wildman–Crippen LogP) is 5.34. The van der Waals surface area contributed by atoms with Gasteiger partial charge in [-0.25, -0.2) is 4.79 Å². The van der Waals surface area contributed by atoms with Gasteiger partial charge in [-0.05, 0) is 62.1 Å². The van der Waals surface area contributed by atoms with Gasteiger partial charge in [0, 0.05) is 62.8 Å². The number of nitrogens with one attached hydrogen (secondary N) is 1. The number of likely N-dealkylation sites (tertiary alicyclic amines) is 1. The van der Waals surface area contributed by atoms with E-state index in [1.807, 2.05) is 29.2 Å². The first kappa shape index (κ1) is 25.5. The Morgan fingerprint density at radius 2 is 1.59 bits per heavy atom. The molecule has 0 atom stereocenters. The molecule has 0 bridgehead atoms. The molecule has 1 N–H and O–H groups in total. The number of carbonyl (C=O) groups is 1. The Kier molecular flexibility index (Phi) is 7.64. The molecular formula is C27H33F3N4O3. The Morgan fingerprint density at radius 3 is 2.27 bits per heavy atom. The zero-order chi connectivity index (χ0) is 25.8. The summed E-state index contributed by atoms with van der Waals surface area (Å²) in [6.45, 7) is 4.57. The van der Waals surface area contributed by atoms with Crippen LogP contribution in [0.3, 0.4) is 0 Å². The van der Waals surface area contributed by atoms with Crippen LogP contribution in [0.25, 0.3) is 0 Å². The summed E-state index contributed by atoms with van der Waals surface area (Å²) in [5.41, 5.74) is 1.61. The van der Waals surface area contributed by atoms with E-state index in [0.29, 0.717) is 19.1 Å². The fraction of sp³-hybridized carbons (Fsp3) is 0.519. The number of amides is 2. The second kappa shape index (κ2) is 11.1. The summed E-state index contributed by atoms with van der Waals surface area (Å²) in [5, 5.41) is 2.99. The van der Waals surface area contributed by atoms with E-state index in [4.69, 9.17) is 4.74 Å². The number of urea groups is 1. The van der Waals surface area contributed by atoms with E-state index in [1.165, 1.54) is 31.4 Å². The van der Waals surface area contributed by atoms with Crippen molar-refractivity contribution in [2.24, 2.45) is 0 Å². The first-order valence-electron chi connectivity index (χ1n) is 13.0. The molecule has 37 heavy (non-hydrogen) atoms. The van der Waals surface area contributed by atoms with Gasteiger partial charge in [0.25, 0.3) is 0 Å². The molecule has 2 aromatic rings. The van der Waals surface area contributed by atoms with Crippen LogP contribution in [0.1, 0.15) is 32.1 Å². The van der Waals surface area contributed by atoms with Crippen molar-refractivity contribution in [1.29, 1.82) is 0 Å². The van der Waals surface area contributed by atoms with Crippen molar-refractivity contribution >= 4 is 17.4 Å². The Balaban J connectivity index is 1.04. The maximum Gasteiger partial charge on any atom is 0.573 e. The number of anilines is 2. The fourth-order valence-corrected chi connectivity index (χ4v) is 5.28. The maximum absolute atomic E-state index is 12.7. The van der Waals surface area contributed by atoms with E-state index in [9.17, 15) is 18.0 Å². The lowest BCUT2D eigenvalue weighted by atomic mass is 9.98. The zero-order valence-corrected chi connectivity index (χ0v) is 20.8. The van der Waals surface area contributed by atoms with Crippen LogP contribution in [0, 0.1) is 0 Å². The number of ether oxygens (including phenoxy) is 2. The number of carbonyl (C=O) groups excluding carboxylic acids is 1. The molecule has 2 saturated heterocycles. The van der Waals surface area contributed by atoms with Gasteiger partial charge in [0.05, 0.1) is 6.10 Å². The quantitative estimate of drug-likeness (QED) is 0.560. The van der Waals surface area contributed by atoms with E-state index < -0.39 is 6.36 Å². The number of alkyl halides is 3. The van der Waals surface area contributed by atoms with Crippen LogP contribution in [-0.4, -0.2) is 73.6 Å². The molecule has 3 fully saturated rings. The molecule has 0 spiro atoms. The van der Waals surface area contributed by atoms with Crippen molar-refractivity contribution in [3.63, 3.8) is 0 Å². The molecular weight excluding hydrogens is 485 g/mol. The van der Waals surface area contributed by atoms with E-state index in [2.05, 4.69) is 19.9 Å². The van der Waals surface area contributed by atoms with Crippen molar-refractivity contribution < 1.29 is 27.4 Å². The van der Waals surface area contributed by atoms with Crippen LogP contribution in [-0.2, 0) is 0 Å². The van der Waals surface area contributed by atoms with Gasteiger partial charge in [0.2, 0.25) is 0 Å².